The average molecular weight is 350 g/mol. The molecule has 1 aliphatic heterocycles. The second-order valence-electron chi connectivity index (χ2n) is 5.92. The van der Waals surface area contributed by atoms with E-state index in [0.29, 0.717) is 17.1 Å². The summed E-state index contributed by atoms with van der Waals surface area (Å²) in [7, 11) is 0. The van der Waals surface area contributed by atoms with Gasteiger partial charge in [0.2, 0.25) is 6.79 Å². The summed E-state index contributed by atoms with van der Waals surface area (Å²) in [6.45, 7) is 5.09. The molecule has 2 aromatic carbocycles. The van der Waals surface area contributed by atoms with Crippen molar-refractivity contribution in [2.75, 3.05) is 6.79 Å². The molecule has 0 radical (unpaired) electrons. The Morgan fingerprint density at radius 3 is 2.96 bits per heavy atom. The fourth-order valence-electron chi connectivity index (χ4n) is 3.01. The molecule has 1 aliphatic rings. The molecule has 1 amide bonds. The van der Waals surface area contributed by atoms with Gasteiger partial charge in [0.1, 0.15) is 5.82 Å². The van der Waals surface area contributed by atoms with Crippen LogP contribution in [0.4, 0.5) is 0 Å². The molecule has 0 saturated carbocycles. The quantitative estimate of drug-likeness (QED) is 0.580. The summed E-state index contributed by atoms with van der Waals surface area (Å²) in [5.74, 6) is 2.03. The zero-order valence-electron chi connectivity index (χ0n) is 14.5. The number of hydrazone groups is 1. The molecular formula is C19H18N4O3. The minimum absolute atomic E-state index is 0.225. The molecule has 0 atom stereocenters. The molecule has 1 N–H and O–H groups in total. The van der Waals surface area contributed by atoms with Crippen molar-refractivity contribution in [3.63, 3.8) is 0 Å². The van der Waals surface area contributed by atoms with Crippen LogP contribution in [0.1, 0.15) is 28.7 Å². The Kier molecular flexibility index (Phi) is 4.04. The number of imidazole rings is 1. The van der Waals surface area contributed by atoms with Gasteiger partial charge >= 0.3 is 0 Å². The largest absolute Gasteiger partial charge is 0.454 e. The molecule has 0 spiro atoms. The Morgan fingerprint density at radius 1 is 1.27 bits per heavy atom. The number of hydrogen-bond acceptors (Lipinski definition) is 5. The number of aryl methyl sites for hydroxylation is 2. The van der Waals surface area contributed by atoms with Crippen molar-refractivity contribution in [2.24, 2.45) is 5.10 Å². The lowest BCUT2D eigenvalue weighted by Crippen LogP contribution is -2.17. The van der Waals surface area contributed by atoms with E-state index >= 15 is 0 Å². The third kappa shape index (κ3) is 2.88. The third-order valence-corrected chi connectivity index (χ3v) is 4.29. The monoisotopic (exact) mass is 350 g/mol. The molecule has 2 heterocycles. The lowest BCUT2D eigenvalue weighted by molar-refractivity contribution is 0.0955. The Morgan fingerprint density at radius 2 is 2.12 bits per heavy atom. The van der Waals surface area contributed by atoms with E-state index in [9.17, 15) is 4.79 Å². The highest BCUT2D eigenvalue weighted by Gasteiger charge is 2.13. The minimum Gasteiger partial charge on any atom is -0.454 e. The predicted octanol–water partition coefficient (Wildman–Crippen LogP) is 2.86. The van der Waals surface area contributed by atoms with E-state index in [1.807, 2.05) is 31.2 Å². The van der Waals surface area contributed by atoms with Gasteiger partial charge in [0.25, 0.3) is 5.91 Å². The van der Waals surface area contributed by atoms with Gasteiger partial charge in [-0.05, 0) is 55.8 Å². The van der Waals surface area contributed by atoms with Crippen molar-refractivity contribution in [3.05, 3.63) is 53.3 Å². The van der Waals surface area contributed by atoms with Gasteiger partial charge in [-0.3, -0.25) is 4.79 Å². The van der Waals surface area contributed by atoms with Crippen molar-refractivity contribution >= 4 is 23.2 Å². The Hall–Kier alpha value is -3.35. The summed E-state index contributed by atoms with van der Waals surface area (Å²) in [5, 5.41) is 4.02. The number of aromatic nitrogens is 2. The zero-order valence-corrected chi connectivity index (χ0v) is 14.5. The number of fused-ring (bicyclic) bond motifs is 2. The van der Waals surface area contributed by atoms with E-state index < -0.39 is 0 Å². The van der Waals surface area contributed by atoms with Crippen LogP contribution in [0, 0.1) is 6.92 Å². The fourth-order valence-corrected chi connectivity index (χ4v) is 3.01. The second kappa shape index (κ2) is 6.51. The van der Waals surface area contributed by atoms with Crippen LogP contribution in [0.2, 0.25) is 0 Å². The number of rotatable bonds is 4. The van der Waals surface area contributed by atoms with Crippen molar-refractivity contribution < 1.29 is 14.3 Å². The number of nitrogens with zero attached hydrogens (tertiary/aromatic N) is 3. The number of nitrogens with one attached hydrogen (secondary N) is 1. The maximum absolute atomic E-state index is 12.3. The summed E-state index contributed by atoms with van der Waals surface area (Å²) >= 11 is 0. The summed E-state index contributed by atoms with van der Waals surface area (Å²) in [5.41, 5.74) is 5.68. The van der Waals surface area contributed by atoms with E-state index in [4.69, 9.17) is 9.47 Å². The summed E-state index contributed by atoms with van der Waals surface area (Å²) in [4.78, 5) is 16.8. The van der Waals surface area contributed by atoms with Crippen molar-refractivity contribution in [1.29, 1.82) is 0 Å². The SMILES string of the molecule is CCn1c(C)nc2cc(C(=O)NN=Cc3ccc4c(c3)OCO4)ccc21. The third-order valence-electron chi connectivity index (χ3n) is 4.29. The van der Waals surface area contributed by atoms with E-state index in [0.717, 1.165) is 29.0 Å². The maximum atomic E-state index is 12.3. The summed E-state index contributed by atoms with van der Waals surface area (Å²) < 4.78 is 12.7. The van der Waals surface area contributed by atoms with Gasteiger partial charge in [-0.15, -0.1) is 0 Å². The number of carbonyl (C=O) groups is 1. The molecule has 1 aromatic heterocycles. The standard InChI is InChI=1S/C19H18N4O3/c1-3-23-12(2)21-15-9-14(5-6-16(15)23)19(24)22-20-10-13-4-7-17-18(8-13)26-11-25-17/h4-10H,3,11H2,1-2H3,(H,22,24). The Balaban J connectivity index is 1.48. The van der Waals surface area contributed by atoms with Crippen LogP contribution in [-0.4, -0.2) is 28.5 Å². The molecule has 3 aromatic rings. The smallest absolute Gasteiger partial charge is 0.271 e. The van der Waals surface area contributed by atoms with E-state index in [1.165, 1.54) is 0 Å². The van der Waals surface area contributed by atoms with Gasteiger partial charge in [0, 0.05) is 12.1 Å². The van der Waals surface area contributed by atoms with E-state index in [1.54, 1.807) is 18.3 Å². The number of ether oxygens (including phenoxy) is 2. The van der Waals surface area contributed by atoms with E-state index in [-0.39, 0.29) is 12.7 Å². The molecule has 0 fully saturated rings. The molecular weight excluding hydrogens is 332 g/mol. The fraction of sp³-hybridized carbons (Fsp3) is 0.211. The lowest BCUT2D eigenvalue weighted by Gasteiger charge is -2.03. The van der Waals surface area contributed by atoms with E-state index in [2.05, 4.69) is 27.0 Å². The van der Waals surface area contributed by atoms with Crippen molar-refractivity contribution in [3.8, 4) is 11.5 Å². The molecule has 7 heteroatoms. The first-order valence-electron chi connectivity index (χ1n) is 8.35. The molecule has 0 aliphatic carbocycles. The number of benzene rings is 2. The molecule has 26 heavy (non-hydrogen) atoms. The highest BCUT2D eigenvalue weighted by Crippen LogP contribution is 2.31. The van der Waals surface area contributed by atoms with Gasteiger partial charge in [-0.25, -0.2) is 10.4 Å². The Bertz CT molecular complexity index is 1020. The number of hydrogen-bond donors (Lipinski definition) is 1. The van der Waals surface area contributed by atoms with Crippen LogP contribution in [0.3, 0.4) is 0 Å². The van der Waals surface area contributed by atoms with Gasteiger partial charge in [0.15, 0.2) is 11.5 Å². The normalized spacial score (nSPS) is 12.8. The molecule has 132 valence electrons. The molecule has 7 nitrogen and oxygen atoms in total. The van der Waals surface area contributed by atoms with Crippen LogP contribution in [0.25, 0.3) is 11.0 Å². The summed E-state index contributed by atoms with van der Waals surface area (Å²) in [6.07, 6.45) is 1.56. The number of amides is 1. The number of carbonyl (C=O) groups excluding carboxylic acids is 1. The van der Waals surface area contributed by atoms with Gasteiger partial charge in [-0.2, -0.15) is 5.10 Å². The Labute approximate surface area is 150 Å². The average Bonchev–Trinajstić information content (AvgIpc) is 3.23. The molecule has 0 unspecified atom stereocenters. The van der Waals surface area contributed by atoms with Crippen LogP contribution < -0.4 is 14.9 Å². The van der Waals surface area contributed by atoms with Crippen LogP contribution in [0.15, 0.2) is 41.5 Å². The van der Waals surface area contributed by atoms with Crippen LogP contribution in [0.5, 0.6) is 11.5 Å². The topological polar surface area (TPSA) is 77.7 Å². The lowest BCUT2D eigenvalue weighted by atomic mass is 10.2. The zero-order chi connectivity index (χ0) is 18.1. The molecule has 4 rings (SSSR count). The van der Waals surface area contributed by atoms with Crippen molar-refractivity contribution in [2.45, 2.75) is 20.4 Å². The van der Waals surface area contributed by atoms with Crippen LogP contribution in [-0.2, 0) is 6.54 Å². The minimum atomic E-state index is -0.285. The first-order chi connectivity index (χ1) is 12.7. The van der Waals surface area contributed by atoms with Gasteiger partial charge in [-0.1, -0.05) is 0 Å². The van der Waals surface area contributed by atoms with Gasteiger partial charge in [0.05, 0.1) is 17.2 Å². The van der Waals surface area contributed by atoms with Gasteiger partial charge < -0.3 is 14.0 Å². The van der Waals surface area contributed by atoms with Crippen molar-refractivity contribution in [1.82, 2.24) is 15.0 Å². The predicted molar refractivity (Wildman–Crippen MR) is 97.8 cm³/mol. The maximum Gasteiger partial charge on any atom is 0.271 e. The first-order valence-corrected chi connectivity index (χ1v) is 8.35. The second-order valence-corrected chi connectivity index (χ2v) is 5.92. The molecule has 0 bridgehead atoms. The summed E-state index contributed by atoms with van der Waals surface area (Å²) in [6, 6.07) is 10.9. The van der Waals surface area contributed by atoms with Crippen LogP contribution >= 0.6 is 0 Å². The highest BCUT2D eigenvalue weighted by atomic mass is 16.7. The first kappa shape index (κ1) is 16.1. The molecule has 0 saturated heterocycles. The highest BCUT2D eigenvalue weighted by molar-refractivity contribution is 5.98.